The average molecular weight is 214 g/mol. The summed E-state index contributed by atoms with van der Waals surface area (Å²) >= 11 is 0. The van der Waals surface area contributed by atoms with Crippen molar-refractivity contribution in [2.45, 2.75) is 32.3 Å². The number of carboxylic acids is 1. The Bertz CT molecular complexity index is 346. The fraction of sp³-hybridized carbons (Fsp3) is 0.667. The second-order valence-corrected chi connectivity index (χ2v) is 3.62. The van der Waals surface area contributed by atoms with E-state index in [1.165, 1.54) is 0 Å². The first-order chi connectivity index (χ1) is 6.95. The quantitative estimate of drug-likeness (QED) is 0.785. The molecule has 1 aromatic rings. The summed E-state index contributed by atoms with van der Waals surface area (Å²) in [7, 11) is 1.55. The molecule has 0 aromatic carbocycles. The summed E-state index contributed by atoms with van der Waals surface area (Å²) in [5.41, 5.74) is -0.620. The summed E-state index contributed by atoms with van der Waals surface area (Å²) in [6, 6.07) is 0. The van der Waals surface area contributed by atoms with Crippen molar-refractivity contribution >= 4 is 5.97 Å². The lowest BCUT2D eigenvalue weighted by molar-refractivity contribution is -0.137. The topological polar surface area (TPSA) is 85.5 Å². The van der Waals surface area contributed by atoms with E-state index in [1.807, 2.05) is 0 Å². The number of aromatic nitrogens is 2. The SMILES string of the molecule is COC(C)(C)c1noc(CCC(=O)O)n1. The lowest BCUT2D eigenvalue weighted by Gasteiger charge is -2.17. The molecule has 1 rings (SSSR count). The molecule has 0 unspecified atom stereocenters. The Labute approximate surface area is 87.2 Å². The Kier molecular flexibility index (Phi) is 3.41. The van der Waals surface area contributed by atoms with E-state index >= 15 is 0 Å². The van der Waals surface area contributed by atoms with E-state index in [0.717, 1.165) is 0 Å². The number of aliphatic carboxylic acids is 1. The van der Waals surface area contributed by atoms with Crippen molar-refractivity contribution in [3.63, 3.8) is 0 Å². The Morgan fingerprint density at radius 3 is 2.80 bits per heavy atom. The molecule has 0 saturated heterocycles. The van der Waals surface area contributed by atoms with Crippen LogP contribution in [0.25, 0.3) is 0 Å². The van der Waals surface area contributed by atoms with Crippen LogP contribution in [0.3, 0.4) is 0 Å². The van der Waals surface area contributed by atoms with Gasteiger partial charge in [-0.1, -0.05) is 5.16 Å². The number of carboxylic acid groups (broad SMARTS) is 1. The van der Waals surface area contributed by atoms with Crippen LogP contribution in [0.4, 0.5) is 0 Å². The highest BCUT2D eigenvalue weighted by Gasteiger charge is 2.26. The smallest absolute Gasteiger partial charge is 0.303 e. The molecule has 0 aliphatic carbocycles. The van der Waals surface area contributed by atoms with Crippen molar-refractivity contribution in [2.75, 3.05) is 7.11 Å². The predicted molar refractivity (Wildman–Crippen MR) is 50.3 cm³/mol. The lowest BCUT2D eigenvalue weighted by Crippen LogP contribution is -2.21. The van der Waals surface area contributed by atoms with Gasteiger partial charge >= 0.3 is 5.97 Å². The summed E-state index contributed by atoms with van der Waals surface area (Å²) in [5, 5.41) is 12.2. The number of hydrogen-bond acceptors (Lipinski definition) is 5. The molecule has 0 saturated carbocycles. The third-order valence-corrected chi connectivity index (χ3v) is 2.07. The number of aryl methyl sites for hydroxylation is 1. The minimum absolute atomic E-state index is 0.0188. The molecule has 0 aliphatic heterocycles. The molecular weight excluding hydrogens is 200 g/mol. The molecule has 15 heavy (non-hydrogen) atoms. The number of rotatable bonds is 5. The summed E-state index contributed by atoms with van der Waals surface area (Å²) in [4.78, 5) is 14.4. The minimum Gasteiger partial charge on any atom is -0.481 e. The first-order valence-electron chi connectivity index (χ1n) is 4.55. The van der Waals surface area contributed by atoms with Crippen LogP contribution in [0.15, 0.2) is 4.52 Å². The van der Waals surface area contributed by atoms with Gasteiger partial charge in [-0.3, -0.25) is 4.79 Å². The van der Waals surface area contributed by atoms with Gasteiger partial charge in [0.25, 0.3) is 0 Å². The van der Waals surface area contributed by atoms with Crippen molar-refractivity contribution in [1.29, 1.82) is 0 Å². The van der Waals surface area contributed by atoms with Crippen molar-refractivity contribution < 1.29 is 19.2 Å². The molecule has 0 amide bonds. The molecule has 6 nitrogen and oxygen atoms in total. The fourth-order valence-electron chi connectivity index (χ4n) is 0.906. The monoisotopic (exact) mass is 214 g/mol. The van der Waals surface area contributed by atoms with Gasteiger partial charge < -0.3 is 14.4 Å². The van der Waals surface area contributed by atoms with Crippen molar-refractivity contribution in [1.82, 2.24) is 10.1 Å². The van der Waals surface area contributed by atoms with Crippen LogP contribution in [0, 0.1) is 0 Å². The van der Waals surface area contributed by atoms with E-state index in [-0.39, 0.29) is 12.8 Å². The largest absolute Gasteiger partial charge is 0.481 e. The molecule has 6 heteroatoms. The van der Waals surface area contributed by atoms with E-state index in [4.69, 9.17) is 14.4 Å². The highest BCUT2D eigenvalue weighted by Crippen LogP contribution is 2.20. The summed E-state index contributed by atoms with van der Waals surface area (Å²) in [6.45, 7) is 3.61. The van der Waals surface area contributed by atoms with E-state index in [2.05, 4.69) is 10.1 Å². The molecule has 1 aromatic heterocycles. The fourth-order valence-corrected chi connectivity index (χ4v) is 0.906. The second kappa shape index (κ2) is 4.39. The zero-order chi connectivity index (χ0) is 11.5. The summed E-state index contributed by atoms with van der Waals surface area (Å²) in [5.74, 6) is -0.149. The van der Waals surface area contributed by atoms with Gasteiger partial charge in [0.15, 0.2) is 0 Å². The highest BCUT2D eigenvalue weighted by atomic mass is 16.5. The van der Waals surface area contributed by atoms with Gasteiger partial charge in [0.05, 0.1) is 6.42 Å². The van der Waals surface area contributed by atoms with E-state index < -0.39 is 11.6 Å². The third-order valence-electron chi connectivity index (χ3n) is 2.07. The summed E-state index contributed by atoms with van der Waals surface area (Å²) in [6.07, 6.45) is 0.219. The van der Waals surface area contributed by atoms with Crippen LogP contribution in [0.1, 0.15) is 32.0 Å². The Morgan fingerprint density at radius 1 is 1.60 bits per heavy atom. The normalized spacial score (nSPS) is 11.7. The van der Waals surface area contributed by atoms with Crippen LogP contribution >= 0.6 is 0 Å². The number of carbonyl (C=O) groups is 1. The number of nitrogens with zero attached hydrogens (tertiary/aromatic N) is 2. The van der Waals surface area contributed by atoms with Crippen LogP contribution in [-0.2, 0) is 21.6 Å². The standard InChI is InChI=1S/C9H14N2O4/c1-9(2,14-3)8-10-6(15-11-8)4-5-7(12)13/h4-5H2,1-3H3,(H,12,13). The zero-order valence-electron chi connectivity index (χ0n) is 8.98. The van der Waals surface area contributed by atoms with Crippen molar-refractivity contribution in [3.8, 4) is 0 Å². The van der Waals surface area contributed by atoms with Gasteiger partial charge in [-0.15, -0.1) is 0 Å². The number of ether oxygens (including phenoxy) is 1. The van der Waals surface area contributed by atoms with E-state index in [0.29, 0.717) is 11.7 Å². The highest BCUT2D eigenvalue weighted by molar-refractivity contribution is 5.66. The van der Waals surface area contributed by atoms with E-state index in [1.54, 1.807) is 21.0 Å². The van der Waals surface area contributed by atoms with Gasteiger partial charge in [-0.05, 0) is 13.8 Å². The molecule has 0 radical (unpaired) electrons. The first-order valence-corrected chi connectivity index (χ1v) is 4.55. The van der Waals surface area contributed by atoms with Crippen LogP contribution in [-0.4, -0.2) is 28.3 Å². The molecular formula is C9H14N2O4. The number of methoxy groups -OCH3 is 1. The molecule has 1 heterocycles. The van der Waals surface area contributed by atoms with E-state index in [9.17, 15) is 4.79 Å². The van der Waals surface area contributed by atoms with Gasteiger partial charge in [-0.2, -0.15) is 4.98 Å². The van der Waals surface area contributed by atoms with Crippen LogP contribution in [0.5, 0.6) is 0 Å². The lowest BCUT2D eigenvalue weighted by atomic mass is 10.1. The Balaban J connectivity index is 2.68. The molecule has 84 valence electrons. The average Bonchev–Trinajstić information content (AvgIpc) is 2.63. The Hall–Kier alpha value is -1.43. The molecule has 0 fully saturated rings. The first kappa shape index (κ1) is 11.6. The molecule has 0 spiro atoms. The maximum Gasteiger partial charge on any atom is 0.303 e. The van der Waals surface area contributed by atoms with Crippen molar-refractivity contribution in [2.24, 2.45) is 0 Å². The third kappa shape index (κ3) is 3.02. The maximum absolute atomic E-state index is 10.3. The van der Waals surface area contributed by atoms with Crippen LogP contribution in [0.2, 0.25) is 0 Å². The molecule has 0 aliphatic rings. The minimum atomic E-state index is -0.888. The van der Waals surface area contributed by atoms with Crippen LogP contribution < -0.4 is 0 Å². The van der Waals surface area contributed by atoms with Crippen molar-refractivity contribution in [3.05, 3.63) is 11.7 Å². The molecule has 1 N–H and O–H groups in total. The second-order valence-electron chi connectivity index (χ2n) is 3.62. The zero-order valence-corrected chi connectivity index (χ0v) is 8.98. The molecule has 0 bridgehead atoms. The van der Waals surface area contributed by atoms with Gasteiger partial charge in [0, 0.05) is 13.5 Å². The number of hydrogen-bond donors (Lipinski definition) is 1. The maximum atomic E-state index is 10.3. The molecule has 0 atom stereocenters. The van der Waals surface area contributed by atoms with Gasteiger partial charge in [-0.25, -0.2) is 0 Å². The van der Waals surface area contributed by atoms with Gasteiger partial charge in [0.1, 0.15) is 5.60 Å². The summed E-state index contributed by atoms with van der Waals surface area (Å²) < 4.78 is 10.1. The van der Waals surface area contributed by atoms with Gasteiger partial charge in [0.2, 0.25) is 11.7 Å². The predicted octanol–water partition coefficient (Wildman–Crippen LogP) is 0.968. The Morgan fingerprint density at radius 2 is 2.27 bits per heavy atom.